The van der Waals surface area contributed by atoms with E-state index in [-0.39, 0.29) is 11.1 Å². The molecule has 0 bridgehead atoms. The number of nitrogens with zero attached hydrogens (tertiary/aromatic N) is 1. The van der Waals surface area contributed by atoms with Gasteiger partial charge in [0.25, 0.3) is 6.26 Å². The van der Waals surface area contributed by atoms with Gasteiger partial charge < -0.3 is 9.47 Å². The van der Waals surface area contributed by atoms with Gasteiger partial charge in [-0.2, -0.15) is 5.26 Å². The fourth-order valence-corrected chi connectivity index (χ4v) is 0.355. The highest BCUT2D eigenvalue weighted by Gasteiger charge is 2.10. The Balaban J connectivity index is 0. The molecule has 0 unspecified atom stereocenters. The van der Waals surface area contributed by atoms with Crippen LogP contribution in [-0.4, -0.2) is 18.5 Å². The van der Waals surface area contributed by atoms with Crippen molar-refractivity contribution in [3.63, 3.8) is 0 Å². The van der Waals surface area contributed by atoms with Crippen molar-refractivity contribution in [2.24, 2.45) is 0 Å². The smallest absolute Gasteiger partial charge is 0.340 e. The van der Waals surface area contributed by atoms with Crippen molar-refractivity contribution in [3.8, 4) is 6.26 Å². The van der Waals surface area contributed by atoms with Gasteiger partial charge in [0.15, 0.2) is 0 Å². The van der Waals surface area contributed by atoms with Crippen LogP contribution >= 0.6 is 0 Å². The summed E-state index contributed by atoms with van der Waals surface area (Å²) in [5.41, 5.74) is 0.388. The molecule has 0 spiro atoms. The molecular weight excluding hydrogens is 222 g/mol. The van der Waals surface area contributed by atoms with Crippen molar-refractivity contribution >= 4 is 11.9 Å². The minimum Gasteiger partial charge on any atom is -0.423 e. The van der Waals surface area contributed by atoms with Gasteiger partial charge >= 0.3 is 11.9 Å². The zero-order chi connectivity index (χ0) is 13.8. The van der Waals surface area contributed by atoms with Crippen LogP contribution in [0.25, 0.3) is 0 Å². The van der Waals surface area contributed by atoms with Gasteiger partial charge in [-0.1, -0.05) is 25.8 Å². The minimum absolute atomic E-state index is 0.194. The van der Waals surface area contributed by atoms with E-state index in [1.807, 2.05) is 0 Å². The van der Waals surface area contributed by atoms with Gasteiger partial charge in [-0.15, -0.1) is 0 Å². The summed E-state index contributed by atoms with van der Waals surface area (Å²) in [5, 5.41) is 7.68. The van der Waals surface area contributed by atoms with Gasteiger partial charge in [0, 0.05) is 11.1 Å². The highest BCUT2D eigenvalue weighted by Crippen LogP contribution is 1.97. The summed E-state index contributed by atoms with van der Waals surface area (Å²) in [6.07, 6.45) is 3.01. The zero-order valence-electron chi connectivity index (χ0n) is 9.99. The van der Waals surface area contributed by atoms with Gasteiger partial charge in [-0.25, -0.2) is 9.59 Å². The first-order valence-electron chi connectivity index (χ1n) is 4.56. The second-order valence-electron chi connectivity index (χ2n) is 2.93. The van der Waals surface area contributed by atoms with Crippen LogP contribution < -0.4 is 0 Å². The third-order valence-corrected chi connectivity index (χ3v) is 1.15. The summed E-state index contributed by atoms with van der Waals surface area (Å²) in [7, 11) is 0. The highest BCUT2D eigenvalue weighted by atomic mass is 16.6. The lowest BCUT2D eigenvalue weighted by Gasteiger charge is -1.99. The Bertz CT molecular complexity index is 339. The number of ether oxygens (including phenoxy) is 2. The molecule has 0 aliphatic rings. The molecule has 0 aliphatic carbocycles. The van der Waals surface area contributed by atoms with Gasteiger partial charge in [0.2, 0.25) is 0 Å². The van der Waals surface area contributed by atoms with Crippen LogP contribution in [0.4, 0.5) is 0 Å². The topological polar surface area (TPSA) is 76.4 Å². The predicted molar refractivity (Wildman–Crippen MR) is 62.5 cm³/mol. The first-order valence-corrected chi connectivity index (χ1v) is 4.56. The SMILES string of the molecule is C=C(C)C(=O)OC(=O)C(=C)C.C=CCOC#N. The number of rotatable bonds is 4. The Morgan fingerprint density at radius 3 is 1.82 bits per heavy atom. The molecule has 5 heteroatoms. The molecule has 0 atom stereocenters. The lowest BCUT2D eigenvalue weighted by atomic mass is 10.3. The van der Waals surface area contributed by atoms with Gasteiger partial charge in [0.05, 0.1) is 0 Å². The third-order valence-electron chi connectivity index (χ3n) is 1.15. The molecule has 0 radical (unpaired) electrons. The van der Waals surface area contributed by atoms with Gasteiger partial charge in [-0.3, -0.25) is 0 Å². The van der Waals surface area contributed by atoms with E-state index in [0.29, 0.717) is 6.61 Å². The second-order valence-corrected chi connectivity index (χ2v) is 2.93. The molecule has 0 aromatic heterocycles. The average molecular weight is 237 g/mol. The maximum absolute atomic E-state index is 10.7. The normalized spacial score (nSPS) is 7.59. The van der Waals surface area contributed by atoms with Crippen LogP contribution in [0.15, 0.2) is 37.0 Å². The summed E-state index contributed by atoms with van der Waals surface area (Å²) >= 11 is 0. The van der Waals surface area contributed by atoms with Crippen LogP contribution in [0.1, 0.15) is 13.8 Å². The summed E-state index contributed by atoms with van der Waals surface area (Å²) in [4.78, 5) is 21.3. The Kier molecular flexibility index (Phi) is 10.2. The maximum Gasteiger partial charge on any atom is 0.340 e. The van der Waals surface area contributed by atoms with E-state index in [2.05, 4.69) is 29.2 Å². The van der Waals surface area contributed by atoms with Crippen LogP contribution in [0.3, 0.4) is 0 Å². The molecule has 92 valence electrons. The number of carbonyl (C=O) groups is 2. The summed E-state index contributed by atoms with van der Waals surface area (Å²) < 4.78 is 8.47. The summed E-state index contributed by atoms with van der Waals surface area (Å²) in [5.74, 6) is -1.42. The Labute approximate surface area is 101 Å². The predicted octanol–water partition coefficient (Wildman–Crippen LogP) is 1.88. The Hall–Kier alpha value is -2.35. The molecule has 0 N–H and O–H groups in total. The minimum atomic E-state index is -0.710. The van der Waals surface area contributed by atoms with E-state index in [4.69, 9.17) is 5.26 Å². The fourth-order valence-electron chi connectivity index (χ4n) is 0.355. The monoisotopic (exact) mass is 237 g/mol. The quantitative estimate of drug-likeness (QED) is 0.186. The van der Waals surface area contributed by atoms with Crippen LogP contribution in [0.2, 0.25) is 0 Å². The van der Waals surface area contributed by atoms with Gasteiger partial charge in [0.1, 0.15) is 6.61 Å². The molecule has 0 fully saturated rings. The zero-order valence-corrected chi connectivity index (χ0v) is 9.99. The van der Waals surface area contributed by atoms with Crippen molar-refractivity contribution in [2.75, 3.05) is 6.61 Å². The Morgan fingerprint density at radius 2 is 1.65 bits per heavy atom. The molecule has 0 saturated heterocycles. The molecule has 0 amide bonds. The lowest BCUT2D eigenvalue weighted by Crippen LogP contribution is -2.12. The molecule has 0 aliphatic heterocycles. The number of hydrogen-bond donors (Lipinski definition) is 0. The second kappa shape index (κ2) is 10.2. The average Bonchev–Trinajstić information content (AvgIpc) is 2.26. The maximum atomic E-state index is 10.7. The first kappa shape index (κ1) is 17.1. The van der Waals surface area contributed by atoms with E-state index < -0.39 is 11.9 Å². The third kappa shape index (κ3) is 11.6. The molecule has 0 aromatic carbocycles. The molecule has 0 aromatic rings. The Morgan fingerprint density at radius 1 is 1.24 bits per heavy atom. The first-order chi connectivity index (χ1) is 7.86. The molecule has 5 nitrogen and oxygen atoms in total. The highest BCUT2D eigenvalue weighted by molar-refractivity contribution is 6.00. The summed E-state index contributed by atoms with van der Waals surface area (Å²) in [6.45, 7) is 13.2. The number of esters is 2. The van der Waals surface area contributed by atoms with Crippen LogP contribution in [-0.2, 0) is 19.1 Å². The number of hydrogen-bond acceptors (Lipinski definition) is 5. The van der Waals surface area contributed by atoms with E-state index in [0.717, 1.165) is 0 Å². The van der Waals surface area contributed by atoms with Crippen molar-refractivity contribution < 1.29 is 19.1 Å². The van der Waals surface area contributed by atoms with Crippen molar-refractivity contribution in [1.29, 1.82) is 5.26 Å². The van der Waals surface area contributed by atoms with Gasteiger partial charge in [-0.05, 0) is 13.8 Å². The van der Waals surface area contributed by atoms with Crippen LogP contribution in [0.5, 0.6) is 0 Å². The van der Waals surface area contributed by atoms with E-state index >= 15 is 0 Å². The van der Waals surface area contributed by atoms with Crippen molar-refractivity contribution in [3.05, 3.63) is 37.0 Å². The molecule has 0 heterocycles. The fraction of sp³-hybridized carbons (Fsp3) is 0.250. The number of carbonyl (C=O) groups excluding carboxylic acids is 2. The van der Waals surface area contributed by atoms with E-state index in [1.54, 1.807) is 0 Å². The lowest BCUT2D eigenvalue weighted by molar-refractivity contribution is -0.153. The van der Waals surface area contributed by atoms with Crippen molar-refractivity contribution in [1.82, 2.24) is 0 Å². The summed E-state index contributed by atoms with van der Waals surface area (Å²) in [6, 6.07) is 0. The molecular formula is C12H15NO4. The van der Waals surface area contributed by atoms with Crippen molar-refractivity contribution in [2.45, 2.75) is 13.8 Å². The van der Waals surface area contributed by atoms with E-state index in [1.165, 1.54) is 26.2 Å². The molecule has 17 heavy (non-hydrogen) atoms. The largest absolute Gasteiger partial charge is 0.423 e. The molecule has 0 saturated carbocycles. The number of nitriles is 1. The van der Waals surface area contributed by atoms with E-state index in [9.17, 15) is 9.59 Å². The standard InChI is InChI=1S/C8H10O3.C4H5NO/c1-5(2)7(9)11-8(10)6(3)4;1-2-3-6-4-5/h1,3H2,2,4H3;2H,1,3H2. The van der Waals surface area contributed by atoms with Crippen LogP contribution in [0, 0.1) is 11.5 Å². The molecule has 0 rings (SSSR count).